The first-order valence-electron chi connectivity index (χ1n) is 9.23. The van der Waals surface area contributed by atoms with Crippen molar-refractivity contribution in [3.63, 3.8) is 0 Å². The second kappa shape index (κ2) is 7.80. The number of nitrogens with one attached hydrogen (secondary N) is 1. The predicted octanol–water partition coefficient (Wildman–Crippen LogP) is 5.17. The molecule has 28 heavy (non-hydrogen) atoms. The minimum absolute atomic E-state index is 0.0267. The van der Waals surface area contributed by atoms with E-state index in [0.717, 1.165) is 30.5 Å². The summed E-state index contributed by atoms with van der Waals surface area (Å²) >= 11 is 0. The van der Waals surface area contributed by atoms with Crippen LogP contribution in [0.15, 0.2) is 72.8 Å². The zero-order valence-electron chi connectivity index (χ0n) is 15.2. The number of fused-ring (bicyclic) bond motifs is 1. The van der Waals surface area contributed by atoms with Crippen molar-refractivity contribution in [3.05, 3.63) is 101 Å². The van der Waals surface area contributed by atoms with E-state index in [-0.39, 0.29) is 11.7 Å². The van der Waals surface area contributed by atoms with Crippen LogP contribution in [0.1, 0.15) is 16.7 Å². The Balaban J connectivity index is 1.58. The van der Waals surface area contributed by atoms with Gasteiger partial charge in [0.25, 0.3) is 0 Å². The Hall–Kier alpha value is -3.21. The molecule has 0 saturated carbocycles. The molecular formula is C23H20F2N2O. The van der Waals surface area contributed by atoms with Gasteiger partial charge in [0.15, 0.2) is 0 Å². The summed E-state index contributed by atoms with van der Waals surface area (Å²) in [7, 11) is 0. The first kappa shape index (κ1) is 18.2. The van der Waals surface area contributed by atoms with Crippen molar-refractivity contribution in [2.45, 2.75) is 25.4 Å². The molecule has 0 aromatic heterocycles. The van der Waals surface area contributed by atoms with E-state index in [4.69, 9.17) is 0 Å². The molecule has 1 aliphatic rings. The number of amides is 2. The van der Waals surface area contributed by atoms with Gasteiger partial charge in [-0.1, -0.05) is 54.6 Å². The van der Waals surface area contributed by atoms with E-state index < -0.39 is 17.7 Å². The van der Waals surface area contributed by atoms with E-state index in [1.807, 2.05) is 42.5 Å². The molecule has 5 heteroatoms. The van der Waals surface area contributed by atoms with Gasteiger partial charge in [-0.2, -0.15) is 0 Å². The molecular weight excluding hydrogens is 358 g/mol. The lowest BCUT2D eigenvalue weighted by molar-refractivity contribution is 0.185. The molecule has 3 aromatic rings. The van der Waals surface area contributed by atoms with Gasteiger partial charge in [-0.05, 0) is 41.7 Å². The van der Waals surface area contributed by atoms with Crippen LogP contribution in [0, 0.1) is 11.6 Å². The summed E-state index contributed by atoms with van der Waals surface area (Å²) in [6.07, 6.45) is 1.50. The van der Waals surface area contributed by atoms with Crippen LogP contribution in [0.4, 0.5) is 19.3 Å². The summed E-state index contributed by atoms with van der Waals surface area (Å²) in [6, 6.07) is 20.6. The third kappa shape index (κ3) is 3.88. The van der Waals surface area contributed by atoms with E-state index in [0.29, 0.717) is 6.54 Å². The maximum Gasteiger partial charge on any atom is 0.322 e. The normalized spacial score (nSPS) is 13.2. The number of rotatable bonds is 4. The molecule has 0 unspecified atom stereocenters. The molecule has 1 N–H and O–H groups in total. The summed E-state index contributed by atoms with van der Waals surface area (Å²) in [5.74, 6) is -1.47. The molecule has 0 bridgehead atoms. The lowest BCUT2D eigenvalue weighted by atomic mass is 10.1. The third-order valence-corrected chi connectivity index (χ3v) is 5.10. The first-order chi connectivity index (χ1) is 13.6. The Labute approximate surface area is 162 Å². The molecule has 0 heterocycles. The maximum absolute atomic E-state index is 14.0. The monoisotopic (exact) mass is 378 g/mol. The van der Waals surface area contributed by atoms with Gasteiger partial charge < -0.3 is 10.2 Å². The summed E-state index contributed by atoms with van der Waals surface area (Å²) in [5, 5.41) is 2.61. The lowest BCUT2D eigenvalue weighted by Gasteiger charge is -2.29. The van der Waals surface area contributed by atoms with Gasteiger partial charge in [0.1, 0.15) is 11.6 Å². The van der Waals surface area contributed by atoms with E-state index in [1.54, 1.807) is 4.90 Å². The molecule has 3 nitrogen and oxygen atoms in total. The highest BCUT2D eigenvalue weighted by Crippen LogP contribution is 2.27. The number of hydrogen-bond donors (Lipinski definition) is 1. The van der Waals surface area contributed by atoms with Crippen LogP contribution in [0.3, 0.4) is 0 Å². The highest BCUT2D eigenvalue weighted by atomic mass is 19.1. The fourth-order valence-corrected chi connectivity index (χ4v) is 3.68. The number of halogens is 2. The quantitative estimate of drug-likeness (QED) is 0.668. The van der Waals surface area contributed by atoms with Crippen molar-refractivity contribution in [1.82, 2.24) is 4.90 Å². The van der Waals surface area contributed by atoms with Gasteiger partial charge in [0, 0.05) is 18.7 Å². The molecule has 2 amide bonds. The van der Waals surface area contributed by atoms with Crippen molar-refractivity contribution in [3.8, 4) is 0 Å². The first-order valence-corrected chi connectivity index (χ1v) is 9.23. The van der Waals surface area contributed by atoms with E-state index in [9.17, 15) is 13.6 Å². The molecule has 0 atom stereocenters. The van der Waals surface area contributed by atoms with Gasteiger partial charge in [-0.15, -0.1) is 0 Å². The number of carbonyl (C=O) groups excluding carboxylic acids is 1. The van der Waals surface area contributed by atoms with E-state index in [2.05, 4.69) is 17.4 Å². The fourth-order valence-electron chi connectivity index (χ4n) is 3.68. The average Bonchev–Trinajstić information content (AvgIpc) is 3.13. The molecule has 0 aliphatic heterocycles. The summed E-state index contributed by atoms with van der Waals surface area (Å²) in [4.78, 5) is 14.8. The van der Waals surface area contributed by atoms with E-state index >= 15 is 0 Å². The number of anilines is 1. The Morgan fingerprint density at radius 2 is 1.57 bits per heavy atom. The van der Waals surface area contributed by atoms with Crippen molar-refractivity contribution in [2.24, 2.45) is 0 Å². The standard InChI is InChI=1S/C23H20F2N2O/c24-19-10-11-22(21(25)14-19)26-23(28)27(15-16-6-2-1-3-7-16)20-12-17-8-4-5-9-18(17)13-20/h1-11,14,20H,12-13,15H2,(H,26,28). The Kier molecular flexibility index (Phi) is 5.06. The summed E-state index contributed by atoms with van der Waals surface area (Å²) in [6.45, 7) is 0.411. The predicted molar refractivity (Wildman–Crippen MR) is 105 cm³/mol. The second-order valence-corrected chi connectivity index (χ2v) is 7.00. The summed E-state index contributed by atoms with van der Waals surface area (Å²) in [5.41, 5.74) is 3.42. The van der Waals surface area contributed by atoms with Crippen LogP contribution >= 0.6 is 0 Å². The molecule has 0 spiro atoms. The van der Waals surface area contributed by atoms with Crippen molar-refractivity contribution >= 4 is 11.7 Å². The van der Waals surface area contributed by atoms with Crippen LogP contribution in [-0.2, 0) is 19.4 Å². The van der Waals surface area contributed by atoms with Crippen LogP contribution in [-0.4, -0.2) is 17.0 Å². The largest absolute Gasteiger partial charge is 0.322 e. The number of carbonyl (C=O) groups is 1. The van der Waals surface area contributed by atoms with Crippen LogP contribution in [0.2, 0.25) is 0 Å². The number of benzene rings is 3. The molecule has 0 fully saturated rings. The van der Waals surface area contributed by atoms with Gasteiger partial charge in [-0.25, -0.2) is 13.6 Å². The third-order valence-electron chi connectivity index (χ3n) is 5.10. The van der Waals surface area contributed by atoms with Crippen LogP contribution < -0.4 is 5.32 Å². The molecule has 0 saturated heterocycles. The number of urea groups is 1. The Bertz CT molecular complexity index is 966. The summed E-state index contributed by atoms with van der Waals surface area (Å²) < 4.78 is 27.2. The number of hydrogen-bond acceptors (Lipinski definition) is 1. The van der Waals surface area contributed by atoms with Gasteiger partial charge in [0.05, 0.1) is 5.69 Å². The zero-order chi connectivity index (χ0) is 19.5. The van der Waals surface area contributed by atoms with Gasteiger partial charge in [0.2, 0.25) is 0 Å². The molecule has 4 rings (SSSR count). The fraction of sp³-hybridized carbons (Fsp3) is 0.174. The zero-order valence-corrected chi connectivity index (χ0v) is 15.2. The minimum Gasteiger partial charge on any atom is -0.317 e. The van der Waals surface area contributed by atoms with Crippen LogP contribution in [0.25, 0.3) is 0 Å². The lowest BCUT2D eigenvalue weighted by Crippen LogP contribution is -2.43. The highest BCUT2D eigenvalue weighted by molar-refractivity contribution is 5.89. The topological polar surface area (TPSA) is 32.3 Å². The Morgan fingerprint density at radius 3 is 2.21 bits per heavy atom. The SMILES string of the molecule is O=C(Nc1ccc(F)cc1F)N(Cc1ccccc1)C1Cc2ccccc2C1. The van der Waals surface area contributed by atoms with Gasteiger partial charge in [-0.3, -0.25) is 0 Å². The van der Waals surface area contributed by atoms with Crippen LogP contribution in [0.5, 0.6) is 0 Å². The van der Waals surface area contributed by atoms with Crippen molar-refractivity contribution < 1.29 is 13.6 Å². The molecule has 142 valence electrons. The number of nitrogens with zero attached hydrogens (tertiary/aromatic N) is 1. The van der Waals surface area contributed by atoms with Gasteiger partial charge >= 0.3 is 6.03 Å². The minimum atomic E-state index is -0.789. The van der Waals surface area contributed by atoms with E-state index in [1.165, 1.54) is 17.2 Å². The molecule has 3 aromatic carbocycles. The molecule has 1 aliphatic carbocycles. The van der Waals surface area contributed by atoms with Crippen molar-refractivity contribution in [2.75, 3.05) is 5.32 Å². The second-order valence-electron chi connectivity index (χ2n) is 7.00. The molecule has 0 radical (unpaired) electrons. The maximum atomic E-state index is 14.0. The highest BCUT2D eigenvalue weighted by Gasteiger charge is 2.30. The van der Waals surface area contributed by atoms with Crippen molar-refractivity contribution in [1.29, 1.82) is 0 Å². The smallest absolute Gasteiger partial charge is 0.317 e. The average molecular weight is 378 g/mol. The Morgan fingerprint density at radius 1 is 0.929 bits per heavy atom.